The Hall–Kier alpha value is -2.27. The van der Waals surface area contributed by atoms with Crippen LogP contribution in [0, 0.1) is 6.92 Å². The summed E-state index contributed by atoms with van der Waals surface area (Å²) in [5.74, 6) is -0.228. The number of hydrogen-bond donors (Lipinski definition) is 2. The monoisotopic (exact) mass is 256 g/mol. The molecular weight excluding hydrogens is 240 g/mol. The van der Waals surface area contributed by atoms with Crippen LogP contribution in [-0.4, -0.2) is 15.9 Å². The lowest BCUT2D eigenvalue weighted by molar-refractivity contribution is -0.122. The first-order chi connectivity index (χ1) is 9.16. The van der Waals surface area contributed by atoms with Crippen molar-refractivity contribution >= 4 is 5.91 Å². The molecule has 1 heterocycles. The molecule has 19 heavy (non-hydrogen) atoms. The summed E-state index contributed by atoms with van der Waals surface area (Å²) in [6.07, 6.45) is 3.31. The lowest BCUT2D eigenvalue weighted by Crippen LogP contribution is -2.33. The minimum absolute atomic E-state index is 0.228. The third-order valence-electron chi connectivity index (χ3n) is 2.72. The normalized spacial score (nSPS) is 11.9. The minimum atomic E-state index is -0.667. The molecule has 2 rings (SSSR count). The second-order valence-electron chi connectivity index (χ2n) is 4.26. The highest BCUT2D eigenvalue weighted by molar-refractivity contribution is 5.82. The molecule has 1 amide bonds. The Kier molecular flexibility index (Phi) is 4.20. The van der Waals surface area contributed by atoms with E-state index < -0.39 is 6.04 Å². The van der Waals surface area contributed by atoms with Crippen LogP contribution in [0.2, 0.25) is 0 Å². The van der Waals surface area contributed by atoms with Gasteiger partial charge in [0.1, 0.15) is 6.04 Å². The maximum absolute atomic E-state index is 11.9. The first-order valence-electron chi connectivity index (χ1n) is 6.02. The van der Waals surface area contributed by atoms with E-state index in [-0.39, 0.29) is 5.91 Å². The highest BCUT2D eigenvalue weighted by atomic mass is 16.2. The molecule has 0 saturated carbocycles. The minimum Gasteiger partial charge on any atom is -0.349 e. The van der Waals surface area contributed by atoms with E-state index in [1.54, 1.807) is 12.4 Å². The van der Waals surface area contributed by atoms with Crippen LogP contribution in [0.15, 0.2) is 42.7 Å². The molecule has 5 nitrogen and oxygen atoms in total. The Morgan fingerprint density at radius 2 is 2.00 bits per heavy atom. The van der Waals surface area contributed by atoms with Gasteiger partial charge in [0.2, 0.25) is 5.91 Å². The summed E-state index contributed by atoms with van der Waals surface area (Å²) < 4.78 is 0. The number of aromatic nitrogens is 2. The maximum atomic E-state index is 11.9. The fourth-order valence-electron chi connectivity index (χ4n) is 1.61. The summed E-state index contributed by atoms with van der Waals surface area (Å²) in [7, 11) is 0. The zero-order chi connectivity index (χ0) is 13.7. The lowest BCUT2D eigenvalue weighted by Gasteiger charge is -2.12. The number of nitrogens with zero attached hydrogens (tertiary/aromatic N) is 2. The second kappa shape index (κ2) is 6.06. The highest BCUT2D eigenvalue weighted by Crippen LogP contribution is 2.09. The van der Waals surface area contributed by atoms with E-state index in [9.17, 15) is 4.79 Å². The molecular formula is C14H16N4O. The number of benzene rings is 1. The van der Waals surface area contributed by atoms with E-state index in [2.05, 4.69) is 15.3 Å². The van der Waals surface area contributed by atoms with Crippen molar-refractivity contribution in [2.75, 3.05) is 0 Å². The van der Waals surface area contributed by atoms with E-state index in [4.69, 9.17) is 5.73 Å². The smallest absolute Gasteiger partial charge is 0.241 e. The number of carbonyl (C=O) groups is 1. The molecule has 0 spiro atoms. The van der Waals surface area contributed by atoms with Crippen LogP contribution >= 0.6 is 0 Å². The molecule has 98 valence electrons. The second-order valence-corrected chi connectivity index (χ2v) is 4.26. The molecule has 0 radical (unpaired) electrons. The van der Waals surface area contributed by atoms with Gasteiger partial charge in [0.15, 0.2) is 0 Å². The predicted octanol–water partition coefficient (Wildman–Crippen LogP) is 1.10. The summed E-state index contributed by atoms with van der Waals surface area (Å²) in [5, 5.41) is 2.75. The van der Waals surface area contributed by atoms with Crippen LogP contribution in [-0.2, 0) is 11.3 Å². The van der Waals surface area contributed by atoms with Crippen molar-refractivity contribution in [3.05, 3.63) is 59.7 Å². The van der Waals surface area contributed by atoms with Gasteiger partial charge >= 0.3 is 0 Å². The number of hydrogen-bond acceptors (Lipinski definition) is 4. The molecule has 1 aromatic carbocycles. The Morgan fingerprint density at radius 3 is 2.63 bits per heavy atom. The van der Waals surface area contributed by atoms with Crippen LogP contribution in [0.1, 0.15) is 23.0 Å². The van der Waals surface area contributed by atoms with Crippen LogP contribution < -0.4 is 11.1 Å². The average molecular weight is 256 g/mol. The number of nitrogens with two attached hydrogens (primary N) is 1. The zero-order valence-corrected chi connectivity index (χ0v) is 10.7. The van der Waals surface area contributed by atoms with Crippen molar-refractivity contribution in [1.82, 2.24) is 15.3 Å². The summed E-state index contributed by atoms with van der Waals surface area (Å²) in [6.45, 7) is 2.19. The number of aryl methyl sites for hydroxylation is 1. The first-order valence-corrected chi connectivity index (χ1v) is 6.02. The molecule has 0 fully saturated rings. The first kappa shape index (κ1) is 13.2. The fourth-order valence-corrected chi connectivity index (χ4v) is 1.61. The summed E-state index contributed by atoms with van der Waals surface area (Å²) in [5.41, 5.74) is 8.22. The van der Waals surface area contributed by atoms with Crippen molar-refractivity contribution in [2.24, 2.45) is 5.73 Å². The molecule has 2 aromatic rings. The summed E-state index contributed by atoms with van der Waals surface area (Å²) in [4.78, 5) is 20.2. The van der Waals surface area contributed by atoms with Gasteiger partial charge in [0.25, 0.3) is 0 Å². The van der Waals surface area contributed by atoms with E-state index in [0.717, 1.165) is 11.3 Å². The lowest BCUT2D eigenvalue weighted by atomic mass is 10.1. The largest absolute Gasteiger partial charge is 0.349 e. The van der Waals surface area contributed by atoms with E-state index in [1.807, 2.05) is 37.3 Å². The fraction of sp³-hybridized carbons (Fsp3) is 0.214. The number of amides is 1. The molecule has 1 aromatic heterocycles. The number of nitrogens with one attached hydrogen (secondary N) is 1. The van der Waals surface area contributed by atoms with Gasteiger partial charge in [-0.15, -0.1) is 0 Å². The Morgan fingerprint density at radius 1 is 1.26 bits per heavy atom. The van der Waals surface area contributed by atoms with Crippen LogP contribution in [0.5, 0.6) is 0 Å². The van der Waals surface area contributed by atoms with Crippen LogP contribution in [0.3, 0.4) is 0 Å². The molecule has 1 unspecified atom stereocenters. The Labute approximate surface area is 111 Å². The zero-order valence-electron chi connectivity index (χ0n) is 10.7. The van der Waals surface area contributed by atoms with Gasteiger partial charge in [0.05, 0.1) is 24.1 Å². The molecule has 0 aliphatic rings. The van der Waals surface area contributed by atoms with Gasteiger partial charge in [-0.2, -0.15) is 0 Å². The van der Waals surface area contributed by atoms with Gasteiger partial charge < -0.3 is 11.1 Å². The molecule has 0 saturated heterocycles. The SMILES string of the molecule is Cc1cnc(CNC(=O)C(N)c2ccccc2)cn1. The molecule has 3 N–H and O–H groups in total. The average Bonchev–Trinajstić information content (AvgIpc) is 2.46. The highest BCUT2D eigenvalue weighted by Gasteiger charge is 2.14. The summed E-state index contributed by atoms with van der Waals surface area (Å²) in [6, 6.07) is 8.59. The molecule has 0 bridgehead atoms. The van der Waals surface area contributed by atoms with Crippen molar-refractivity contribution < 1.29 is 4.79 Å². The van der Waals surface area contributed by atoms with Crippen molar-refractivity contribution in [3.63, 3.8) is 0 Å². The molecule has 0 aliphatic heterocycles. The van der Waals surface area contributed by atoms with Crippen molar-refractivity contribution in [1.29, 1.82) is 0 Å². The van der Waals surface area contributed by atoms with Crippen molar-refractivity contribution in [2.45, 2.75) is 19.5 Å². The molecule has 0 aliphatic carbocycles. The Balaban J connectivity index is 1.93. The number of carbonyl (C=O) groups excluding carboxylic acids is 1. The third-order valence-corrected chi connectivity index (χ3v) is 2.72. The van der Waals surface area contributed by atoms with Gasteiger partial charge in [-0.05, 0) is 12.5 Å². The molecule has 5 heteroatoms. The Bertz CT molecular complexity index is 539. The van der Waals surface area contributed by atoms with Gasteiger partial charge in [-0.3, -0.25) is 14.8 Å². The quantitative estimate of drug-likeness (QED) is 0.858. The van der Waals surface area contributed by atoms with Crippen molar-refractivity contribution in [3.8, 4) is 0 Å². The maximum Gasteiger partial charge on any atom is 0.241 e. The third kappa shape index (κ3) is 3.59. The van der Waals surface area contributed by atoms with Crippen LogP contribution in [0.4, 0.5) is 0 Å². The van der Waals surface area contributed by atoms with Gasteiger partial charge in [-0.25, -0.2) is 0 Å². The molecule has 1 atom stereocenters. The number of rotatable bonds is 4. The summed E-state index contributed by atoms with van der Waals surface area (Å²) >= 11 is 0. The van der Waals surface area contributed by atoms with Gasteiger partial charge in [-0.1, -0.05) is 30.3 Å². The topological polar surface area (TPSA) is 80.9 Å². The van der Waals surface area contributed by atoms with E-state index in [1.165, 1.54) is 0 Å². The predicted molar refractivity (Wildman–Crippen MR) is 72.0 cm³/mol. The standard InChI is InChI=1S/C14H16N4O/c1-10-7-17-12(8-16-10)9-18-14(19)13(15)11-5-3-2-4-6-11/h2-8,13H,9,15H2,1H3,(H,18,19). The van der Waals surface area contributed by atoms with Crippen LogP contribution in [0.25, 0.3) is 0 Å². The van der Waals surface area contributed by atoms with E-state index >= 15 is 0 Å². The van der Waals surface area contributed by atoms with E-state index in [0.29, 0.717) is 12.2 Å². The van der Waals surface area contributed by atoms with Gasteiger partial charge in [0, 0.05) is 6.20 Å².